The van der Waals surface area contributed by atoms with Crippen molar-refractivity contribution in [2.24, 2.45) is 5.92 Å². The first-order chi connectivity index (χ1) is 6.72. The third-order valence-electron chi connectivity index (χ3n) is 3.34. The Hall–Kier alpha value is -0.300. The van der Waals surface area contributed by atoms with E-state index in [-0.39, 0.29) is 0 Å². The Labute approximate surface area is 89.0 Å². The fourth-order valence-corrected chi connectivity index (χ4v) is 2.28. The van der Waals surface area contributed by atoms with Crippen molar-refractivity contribution in [1.82, 2.24) is 5.32 Å². The fraction of sp³-hybridized carbons (Fsp3) is 0.846. The smallest absolute Gasteiger partial charge is 0.00697 e. The normalized spacial score (nSPS) is 29.9. The first kappa shape index (κ1) is 11.8. The van der Waals surface area contributed by atoms with Crippen molar-refractivity contribution in [3.05, 3.63) is 12.7 Å². The van der Waals surface area contributed by atoms with E-state index in [4.69, 9.17) is 0 Å². The lowest BCUT2D eigenvalue weighted by atomic mass is 9.87. The van der Waals surface area contributed by atoms with Gasteiger partial charge in [0, 0.05) is 12.1 Å². The van der Waals surface area contributed by atoms with Gasteiger partial charge in [-0.1, -0.05) is 13.0 Å². The summed E-state index contributed by atoms with van der Waals surface area (Å²) in [4.78, 5) is 0. The van der Waals surface area contributed by atoms with Crippen LogP contribution >= 0.6 is 0 Å². The molecule has 14 heavy (non-hydrogen) atoms. The number of hydrogen-bond acceptors (Lipinski definition) is 1. The molecular weight excluding hydrogens is 170 g/mol. The third-order valence-corrected chi connectivity index (χ3v) is 3.34. The Bertz CT molecular complexity index is 157. The zero-order valence-corrected chi connectivity index (χ0v) is 9.76. The molecule has 0 aromatic heterocycles. The van der Waals surface area contributed by atoms with E-state index in [1.54, 1.807) is 0 Å². The molecule has 0 saturated heterocycles. The molecule has 1 fully saturated rings. The SMILES string of the molecule is C=CCCC(C)NC1CCC(C)CC1. The van der Waals surface area contributed by atoms with E-state index in [2.05, 4.69) is 25.7 Å². The average molecular weight is 195 g/mol. The van der Waals surface area contributed by atoms with Gasteiger partial charge in [-0.05, 0) is 51.4 Å². The summed E-state index contributed by atoms with van der Waals surface area (Å²) in [6, 6.07) is 1.44. The van der Waals surface area contributed by atoms with Crippen molar-refractivity contribution in [1.29, 1.82) is 0 Å². The highest BCUT2D eigenvalue weighted by molar-refractivity contribution is 4.79. The van der Waals surface area contributed by atoms with E-state index in [9.17, 15) is 0 Å². The predicted molar refractivity (Wildman–Crippen MR) is 63.4 cm³/mol. The van der Waals surface area contributed by atoms with E-state index < -0.39 is 0 Å². The predicted octanol–water partition coefficient (Wildman–Crippen LogP) is 3.51. The van der Waals surface area contributed by atoms with Crippen molar-refractivity contribution in [3.8, 4) is 0 Å². The first-order valence-electron chi connectivity index (χ1n) is 6.09. The number of nitrogens with one attached hydrogen (secondary N) is 1. The van der Waals surface area contributed by atoms with E-state index >= 15 is 0 Å². The van der Waals surface area contributed by atoms with E-state index in [1.165, 1.54) is 32.1 Å². The van der Waals surface area contributed by atoms with Crippen LogP contribution in [0.4, 0.5) is 0 Å². The molecule has 0 aromatic rings. The quantitative estimate of drug-likeness (QED) is 0.662. The maximum absolute atomic E-state index is 3.76. The van der Waals surface area contributed by atoms with Crippen molar-refractivity contribution >= 4 is 0 Å². The van der Waals surface area contributed by atoms with Crippen LogP contribution in [0.5, 0.6) is 0 Å². The minimum absolute atomic E-state index is 0.659. The van der Waals surface area contributed by atoms with Crippen LogP contribution in [0.15, 0.2) is 12.7 Å². The summed E-state index contributed by atoms with van der Waals surface area (Å²) in [7, 11) is 0. The molecule has 1 heteroatoms. The summed E-state index contributed by atoms with van der Waals surface area (Å²) in [6.45, 7) is 8.43. The summed E-state index contributed by atoms with van der Waals surface area (Å²) >= 11 is 0. The molecule has 0 heterocycles. The monoisotopic (exact) mass is 195 g/mol. The van der Waals surface area contributed by atoms with E-state index in [0.717, 1.165) is 18.4 Å². The van der Waals surface area contributed by atoms with Gasteiger partial charge < -0.3 is 5.32 Å². The molecule has 1 atom stereocenters. The number of rotatable bonds is 5. The largest absolute Gasteiger partial charge is 0.311 e. The summed E-state index contributed by atoms with van der Waals surface area (Å²) in [6.07, 6.45) is 9.95. The molecule has 1 aliphatic rings. The van der Waals surface area contributed by atoms with Gasteiger partial charge in [-0.25, -0.2) is 0 Å². The molecule has 1 saturated carbocycles. The van der Waals surface area contributed by atoms with Crippen molar-refractivity contribution < 1.29 is 0 Å². The average Bonchev–Trinajstić information content (AvgIpc) is 2.18. The summed E-state index contributed by atoms with van der Waals surface area (Å²) in [5, 5.41) is 3.73. The van der Waals surface area contributed by atoms with Crippen molar-refractivity contribution in [2.75, 3.05) is 0 Å². The van der Waals surface area contributed by atoms with Gasteiger partial charge in [-0.2, -0.15) is 0 Å². The highest BCUT2D eigenvalue weighted by atomic mass is 14.9. The van der Waals surface area contributed by atoms with E-state index in [1.807, 2.05) is 6.08 Å². The first-order valence-corrected chi connectivity index (χ1v) is 6.09. The molecular formula is C13H25N. The standard InChI is InChI=1S/C13H25N/c1-4-5-6-12(3)14-13-9-7-11(2)8-10-13/h4,11-14H,1,5-10H2,2-3H3. The molecule has 0 radical (unpaired) electrons. The molecule has 1 nitrogen and oxygen atoms in total. The fourth-order valence-electron chi connectivity index (χ4n) is 2.28. The Morgan fingerprint density at radius 2 is 2.00 bits per heavy atom. The van der Waals surface area contributed by atoms with Gasteiger partial charge in [0.05, 0.1) is 0 Å². The summed E-state index contributed by atoms with van der Waals surface area (Å²) in [5.41, 5.74) is 0. The van der Waals surface area contributed by atoms with Crippen LogP contribution in [0, 0.1) is 5.92 Å². The van der Waals surface area contributed by atoms with Crippen LogP contribution in [0.1, 0.15) is 52.4 Å². The number of allylic oxidation sites excluding steroid dienone is 1. The van der Waals surface area contributed by atoms with Crippen LogP contribution in [-0.4, -0.2) is 12.1 Å². The second-order valence-electron chi connectivity index (χ2n) is 4.89. The minimum atomic E-state index is 0.659. The van der Waals surface area contributed by atoms with Crippen molar-refractivity contribution in [2.45, 2.75) is 64.5 Å². The van der Waals surface area contributed by atoms with Crippen molar-refractivity contribution in [3.63, 3.8) is 0 Å². The molecule has 82 valence electrons. The topological polar surface area (TPSA) is 12.0 Å². The molecule has 0 amide bonds. The zero-order chi connectivity index (χ0) is 10.4. The van der Waals surface area contributed by atoms with Crippen LogP contribution < -0.4 is 5.32 Å². The van der Waals surface area contributed by atoms with E-state index in [0.29, 0.717) is 6.04 Å². The van der Waals surface area contributed by atoms with Crippen LogP contribution in [0.3, 0.4) is 0 Å². The van der Waals surface area contributed by atoms with Gasteiger partial charge >= 0.3 is 0 Å². The van der Waals surface area contributed by atoms with Gasteiger partial charge in [-0.15, -0.1) is 6.58 Å². The van der Waals surface area contributed by atoms with Crippen LogP contribution in [-0.2, 0) is 0 Å². The Kier molecular flexibility index (Phi) is 5.24. The molecule has 1 aliphatic carbocycles. The molecule has 0 bridgehead atoms. The molecule has 0 aromatic carbocycles. The zero-order valence-electron chi connectivity index (χ0n) is 9.76. The van der Waals surface area contributed by atoms with Gasteiger partial charge in [0.15, 0.2) is 0 Å². The third kappa shape index (κ3) is 4.28. The highest BCUT2D eigenvalue weighted by Gasteiger charge is 2.18. The number of hydrogen-bond donors (Lipinski definition) is 1. The molecule has 1 rings (SSSR count). The maximum Gasteiger partial charge on any atom is 0.00697 e. The van der Waals surface area contributed by atoms with Gasteiger partial charge in [0.25, 0.3) is 0 Å². The lowest BCUT2D eigenvalue weighted by Crippen LogP contribution is -2.38. The highest BCUT2D eigenvalue weighted by Crippen LogP contribution is 2.23. The molecule has 1 N–H and O–H groups in total. The van der Waals surface area contributed by atoms with Crippen LogP contribution in [0.2, 0.25) is 0 Å². The summed E-state index contributed by atoms with van der Waals surface area (Å²) < 4.78 is 0. The second-order valence-corrected chi connectivity index (χ2v) is 4.89. The molecule has 1 unspecified atom stereocenters. The molecule has 0 aliphatic heterocycles. The Balaban J connectivity index is 2.13. The summed E-state index contributed by atoms with van der Waals surface area (Å²) in [5.74, 6) is 0.955. The van der Waals surface area contributed by atoms with Gasteiger partial charge in [-0.3, -0.25) is 0 Å². The minimum Gasteiger partial charge on any atom is -0.311 e. The lowest BCUT2D eigenvalue weighted by molar-refractivity contribution is 0.287. The maximum atomic E-state index is 3.76. The lowest BCUT2D eigenvalue weighted by Gasteiger charge is -2.29. The van der Waals surface area contributed by atoms with Crippen LogP contribution in [0.25, 0.3) is 0 Å². The Morgan fingerprint density at radius 1 is 1.36 bits per heavy atom. The molecule has 0 spiro atoms. The van der Waals surface area contributed by atoms with Gasteiger partial charge in [0.2, 0.25) is 0 Å². The van der Waals surface area contributed by atoms with Gasteiger partial charge in [0.1, 0.15) is 0 Å². The Morgan fingerprint density at radius 3 is 2.57 bits per heavy atom. The second kappa shape index (κ2) is 6.23.